The SMILES string of the molecule is COc1cc(OC(F)F)cc(C(=O)c2cccnc2)c1. The van der Waals surface area contributed by atoms with E-state index in [2.05, 4.69) is 9.72 Å². The van der Waals surface area contributed by atoms with Gasteiger partial charge < -0.3 is 9.47 Å². The number of hydrogen-bond acceptors (Lipinski definition) is 4. The van der Waals surface area contributed by atoms with Crippen LogP contribution in [-0.4, -0.2) is 24.5 Å². The number of ether oxygens (including phenoxy) is 2. The first-order valence-corrected chi connectivity index (χ1v) is 5.69. The van der Waals surface area contributed by atoms with Crippen molar-refractivity contribution in [3.8, 4) is 11.5 Å². The Kier molecular flexibility index (Phi) is 4.24. The monoisotopic (exact) mass is 279 g/mol. The number of carbonyl (C=O) groups is 1. The predicted molar refractivity (Wildman–Crippen MR) is 67.3 cm³/mol. The molecule has 4 nitrogen and oxygen atoms in total. The van der Waals surface area contributed by atoms with Gasteiger partial charge in [0.05, 0.1) is 7.11 Å². The maximum Gasteiger partial charge on any atom is 0.387 e. The van der Waals surface area contributed by atoms with Gasteiger partial charge in [-0.2, -0.15) is 8.78 Å². The van der Waals surface area contributed by atoms with E-state index in [9.17, 15) is 13.6 Å². The van der Waals surface area contributed by atoms with Gasteiger partial charge in [-0.3, -0.25) is 9.78 Å². The van der Waals surface area contributed by atoms with Crippen LogP contribution in [0.2, 0.25) is 0 Å². The van der Waals surface area contributed by atoms with Crippen LogP contribution in [0.5, 0.6) is 11.5 Å². The van der Waals surface area contributed by atoms with Gasteiger partial charge in [0.15, 0.2) is 5.78 Å². The molecule has 1 aromatic carbocycles. The van der Waals surface area contributed by atoms with Crippen LogP contribution in [0.1, 0.15) is 15.9 Å². The third kappa shape index (κ3) is 3.28. The van der Waals surface area contributed by atoms with Gasteiger partial charge >= 0.3 is 6.61 Å². The number of rotatable bonds is 5. The lowest BCUT2D eigenvalue weighted by molar-refractivity contribution is -0.0499. The number of benzene rings is 1. The summed E-state index contributed by atoms with van der Waals surface area (Å²) in [5.41, 5.74) is 0.539. The summed E-state index contributed by atoms with van der Waals surface area (Å²) in [5.74, 6) is -0.224. The van der Waals surface area contributed by atoms with Crippen molar-refractivity contribution in [3.63, 3.8) is 0 Å². The minimum Gasteiger partial charge on any atom is -0.497 e. The zero-order valence-corrected chi connectivity index (χ0v) is 10.5. The predicted octanol–water partition coefficient (Wildman–Crippen LogP) is 2.92. The number of hydrogen-bond donors (Lipinski definition) is 0. The van der Waals surface area contributed by atoms with E-state index in [4.69, 9.17) is 4.74 Å². The Balaban J connectivity index is 2.38. The molecule has 0 saturated heterocycles. The molecule has 104 valence electrons. The first kappa shape index (κ1) is 13.9. The molecule has 0 aliphatic carbocycles. The van der Waals surface area contributed by atoms with E-state index in [0.717, 1.165) is 0 Å². The van der Waals surface area contributed by atoms with E-state index in [-0.39, 0.29) is 22.8 Å². The first-order valence-electron chi connectivity index (χ1n) is 5.69. The summed E-state index contributed by atoms with van der Waals surface area (Å²) < 4.78 is 33.8. The summed E-state index contributed by atoms with van der Waals surface area (Å²) >= 11 is 0. The van der Waals surface area contributed by atoms with Crippen LogP contribution in [0.3, 0.4) is 0 Å². The summed E-state index contributed by atoms with van der Waals surface area (Å²) in [5, 5.41) is 0. The fourth-order valence-corrected chi connectivity index (χ4v) is 1.66. The summed E-state index contributed by atoms with van der Waals surface area (Å²) in [6.45, 7) is -2.97. The summed E-state index contributed by atoms with van der Waals surface area (Å²) in [4.78, 5) is 16.1. The summed E-state index contributed by atoms with van der Waals surface area (Å²) in [6, 6.07) is 7.18. The molecule has 0 aliphatic heterocycles. The lowest BCUT2D eigenvalue weighted by atomic mass is 10.0. The van der Waals surface area contributed by atoms with Crippen molar-refractivity contribution in [2.45, 2.75) is 6.61 Å². The summed E-state index contributed by atoms with van der Waals surface area (Å²) in [6.07, 6.45) is 2.93. The number of methoxy groups -OCH3 is 1. The number of aromatic nitrogens is 1. The van der Waals surface area contributed by atoms with Gasteiger partial charge in [0, 0.05) is 29.6 Å². The normalized spacial score (nSPS) is 10.4. The van der Waals surface area contributed by atoms with E-state index in [1.165, 1.54) is 37.7 Å². The topological polar surface area (TPSA) is 48.4 Å². The third-order valence-corrected chi connectivity index (χ3v) is 2.53. The smallest absolute Gasteiger partial charge is 0.387 e. The van der Waals surface area contributed by atoms with E-state index in [0.29, 0.717) is 5.56 Å². The van der Waals surface area contributed by atoms with Crippen molar-refractivity contribution in [2.75, 3.05) is 7.11 Å². The van der Waals surface area contributed by atoms with Crippen molar-refractivity contribution in [1.29, 1.82) is 0 Å². The van der Waals surface area contributed by atoms with Crippen LogP contribution in [-0.2, 0) is 0 Å². The van der Waals surface area contributed by atoms with E-state index >= 15 is 0 Å². The molecule has 2 aromatic rings. The fourth-order valence-electron chi connectivity index (χ4n) is 1.66. The Morgan fingerprint density at radius 1 is 1.20 bits per heavy atom. The Morgan fingerprint density at radius 3 is 2.55 bits per heavy atom. The van der Waals surface area contributed by atoms with Crippen LogP contribution in [0.25, 0.3) is 0 Å². The Hall–Kier alpha value is -2.50. The third-order valence-electron chi connectivity index (χ3n) is 2.53. The van der Waals surface area contributed by atoms with Gasteiger partial charge in [-0.05, 0) is 24.3 Å². The molecule has 0 fully saturated rings. The standard InChI is InChI=1S/C14H11F2NO3/c1-19-11-5-10(6-12(7-11)20-14(15)16)13(18)9-3-2-4-17-8-9/h2-8,14H,1H3. The second-order valence-electron chi connectivity index (χ2n) is 3.85. The van der Waals surface area contributed by atoms with Gasteiger partial charge in [0.25, 0.3) is 0 Å². The molecule has 20 heavy (non-hydrogen) atoms. The van der Waals surface area contributed by atoms with Crippen LogP contribution in [0.4, 0.5) is 8.78 Å². The molecule has 0 radical (unpaired) electrons. The van der Waals surface area contributed by atoms with Crippen LogP contribution >= 0.6 is 0 Å². The minimum atomic E-state index is -2.97. The quantitative estimate of drug-likeness (QED) is 0.790. The molecule has 1 aromatic heterocycles. The molecule has 1 heterocycles. The highest BCUT2D eigenvalue weighted by Gasteiger charge is 2.14. The maximum absolute atomic E-state index is 12.3. The van der Waals surface area contributed by atoms with Gasteiger partial charge in [-0.15, -0.1) is 0 Å². The van der Waals surface area contributed by atoms with Crippen LogP contribution in [0.15, 0.2) is 42.7 Å². The molecule has 2 rings (SSSR count). The number of nitrogens with zero attached hydrogens (tertiary/aromatic N) is 1. The van der Waals surface area contributed by atoms with Gasteiger partial charge in [-0.1, -0.05) is 0 Å². The van der Waals surface area contributed by atoms with Crippen molar-refractivity contribution >= 4 is 5.78 Å². The van der Waals surface area contributed by atoms with Crippen molar-refractivity contribution in [2.24, 2.45) is 0 Å². The van der Waals surface area contributed by atoms with Gasteiger partial charge in [0.1, 0.15) is 11.5 Å². The zero-order valence-electron chi connectivity index (χ0n) is 10.5. The Labute approximate surface area is 114 Å². The molecule has 0 amide bonds. The lowest BCUT2D eigenvalue weighted by Crippen LogP contribution is -2.06. The minimum absolute atomic E-state index is 0.133. The number of alkyl halides is 2. The van der Waals surface area contributed by atoms with Crippen molar-refractivity contribution in [3.05, 3.63) is 53.9 Å². The maximum atomic E-state index is 12.3. The van der Waals surface area contributed by atoms with Crippen LogP contribution < -0.4 is 9.47 Å². The lowest BCUT2D eigenvalue weighted by Gasteiger charge is -2.09. The molecular weight excluding hydrogens is 268 g/mol. The second-order valence-corrected chi connectivity index (χ2v) is 3.85. The molecule has 0 bridgehead atoms. The van der Waals surface area contributed by atoms with E-state index in [1.54, 1.807) is 12.1 Å². The number of pyridine rings is 1. The Morgan fingerprint density at radius 2 is 1.95 bits per heavy atom. The van der Waals surface area contributed by atoms with E-state index in [1.807, 2.05) is 0 Å². The summed E-state index contributed by atoms with van der Waals surface area (Å²) in [7, 11) is 1.37. The Bertz CT molecular complexity index is 603. The van der Waals surface area contributed by atoms with Gasteiger partial charge in [0.2, 0.25) is 0 Å². The largest absolute Gasteiger partial charge is 0.497 e. The van der Waals surface area contributed by atoms with Crippen LogP contribution in [0, 0.1) is 0 Å². The molecule has 0 saturated carbocycles. The van der Waals surface area contributed by atoms with E-state index < -0.39 is 6.61 Å². The average Bonchev–Trinajstić information content (AvgIpc) is 2.46. The number of carbonyl (C=O) groups excluding carboxylic acids is 1. The molecule has 0 unspecified atom stereocenters. The number of ketones is 1. The highest BCUT2D eigenvalue weighted by atomic mass is 19.3. The number of halogens is 2. The fraction of sp³-hybridized carbons (Fsp3) is 0.143. The highest BCUT2D eigenvalue weighted by Crippen LogP contribution is 2.25. The highest BCUT2D eigenvalue weighted by molar-refractivity contribution is 6.09. The van der Waals surface area contributed by atoms with Crippen molar-refractivity contribution < 1.29 is 23.0 Å². The first-order chi connectivity index (χ1) is 9.60. The average molecular weight is 279 g/mol. The molecular formula is C14H11F2NO3. The zero-order chi connectivity index (χ0) is 14.5. The molecule has 0 N–H and O–H groups in total. The second kappa shape index (κ2) is 6.10. The molecule has 0 spiro atoms. The molecule has 6 heteroatoms. The van der Waals surface area contributed by atoms with Crippen molar-refractivity contribution in [1.82, 2.24) is 4.98 Å². The molecule has 0 atom stereocenters. The van der Waals surface area contributed by atoms with Gasteiger partial charge in [-0.25, -0.2) is 0 Å². The molecule has 0 aliphatic rings.